The van der Waals surface area contributed by atoms with Crippen LogP contribution in [0.4, 0.5) is 0 Å². The van der Waals surface area contributed by atoms with Crippen LogP contribution in [-0.4, -0.2) is 93.1 Å². The molecule has 2 aromatic carbocycles. The van der Waals surface area contributed by atoms with Crippen molar-refractivity contribution < 1.29 is 59.2 Å². The number of carbonyl (C=O) groups excluding carboxylic acids is 3. The second kappa shape index (κ2) is 22.9. The lowest BCUT2D eigenvalue weighted by Crippen LogP contribution is -2.40. The van der Waals surface area contributed by atoms with Crippen molar-refractivity contribution in [1.82, 2.24) is 10.7 Å². The highest BCUT2D eigenvalue weighted by atomic mass is 35.5. The standard InChI is InChI=1S/C37H49ClN2O12/c1-25(37(46)52-29-16-13-26(14-17-29)19-21-49-36(45)12-7-20-51-40(47)48)39-35(44)11-5-3-2-4-10-31-32(34(43)23-33(31)42)18-15-28(41)24-50-30-9-6-8-27(38)22-30/h2,4,6,8-9,13-18,22,25,28,31-34,41-43,47-48H,3,5,7,10-12,19-21,23-24H2,1H3,(H,39,44)/b4-2-,18-15+/t25?,28-,31-,32-,33+,34-/m1/s1. The molecule has 1 fully saturated rings. The summed E-state index contributed by atoms with van der Waals surface area (Å²) in [6.45, 7) is 1.64. The number of nitrogens with zero attached hydrogens (tertiary/aromatic N) is 1. The maximum absolute atomic E-state index is 12.5. The molecular weight excluding hydrogens is 700 g/mol. The summed E-state index contributed by atoms with van der Waals surface area (Å²) in [5.74, 6) is -1.09. The van der Waals surface area contributed by atoms with E-state index in [2.05, 4.69) is 10.2 Å². The number of benzene rings is 2. The first-order chi connectivity index (χ1) is 24.9. The number of halogens is 1. The van der Waals surface area contributed by atoms with Crippen LogP contribution in [-0.2, 0) is 30.4 Å². The number of aliphatic hydroxyl groups is 3. The molecule has 0 spiro atoms. The van der Waals surface area contributed by atoms with Crippen LogP contribution in [0.5, 0.6) is 11.5 Å². The predicted octanol–water partition coefficient (Wildman–Crippen LogP) is 4.10. The van der Waals surface area contributed by atoms with Crippen LogP contribution in [0, 0.1) is 11.8 Å². The fourth-order valence-electron chi connectivity index (χ4n) is 5.53. The Balaban J connectivity index is 1.30. The molecule has 1 amide bonds. The number of allylic oxidation sites excluding steroid dienone is 2. The Morgan fingerprint density at radius 1 is 1.00 bits per heavy atom. The number of rotatable bonds is 22. The first kappa shape index (κ1) is 42.6. The van der Waals surface area contributed by atoms with Crippen LogP contribution in [0.15, 0.2) is 72.8 Å². The first-order valence-electron chi connectivity index (χ1n) is 17.2. The van der Waals surface area contributed by atoms with Gasteiger partial charge in [-0.05, 0) is 74.4 Å². The normalized spacial score (nSPS) is 19.9. The van der Waals surface area contributed by atoms with E-state index in [1.807, 2.05) is 12.2 Å². The summed E-state index contributed by atoms with van der Waals surface area (Å²) in [5, 5.41) is 51.0. The van der Waals surface area contributed by atoms with Gasteiger partial charge in [-0.15, -0.1) is 0 Å². The molecule has 0 aromatic heterocycles. The number of carbonyl (C=O) groups is 3. The van der Waals surface area contributed by atoms with Gasteiger partial charge in [0.05, 0.1) is 30.8 Å². The maximum atomic E-state index is 12.5. The number of ether oxygens (including phenoxy) is 3. The largest absolute Gasteiger partial charge is 0.491 e. The minimum Gasteiger partial charge on any atom is -0.491 e. The average molecular weight is 749 g/mol. The van der Waals surface area contributed by atoms with E-state index in [0.717, 1.165) is 5.56 Å². The number of aliphatic hydroxyl groups excluding tert-OH is 3. The molecule has 0 bridgehead atoms. The van der Waals surface area contributed by atoms with Gasteiger partial charge in [0.1, 0.15) is 30.3 Å². The Morgan fingerprint density at radius 2 is 1.77 bits per heavy atom. The summed E-state index contributed by atoms with van der Waals surface area (Å²) in [4.78, 5) is 41.0. The molecule has 1 aliphatic rings. The van der Waals surface area contributed by atoms with Crippen molar-refractivity contribution in [1.29, 1.82) is 0 Å². The van der Waals surface area contributed by atoms with Crippen molar-refractivity contribution in [3.8, 4) is 11.5 Å². The first-order valence-corrected chi connectivity index (χ1v) is 17.6. The van der Waals surface area contributed by atoms with E-state index in [1.54, 1.807) is 60.7 Å². The number of amides is 1. The third-order valence-electron chi connectivity index (χ3n) is 8.30. The van der Waals surface area contributed by atoms with Gasteiger partial charge in [-0.25, -0.2) is 4.79 Å². The van der Waals surface area contributed by atoms with Crippen molar-refractivity contribution >= 4 is 29.4 Å². The zero-order valence-electron chi connectivity index (χ0n) is 29.1. The van der Waals surface area contributed by atoms with Crippen LogP contribution >= 0.6 is 11.6 Å². The Hall–Kier alpha value is -3.86. The molecule has 2 aromatic rings. The van der Waals surface area contributed by atoms with E-state index in [1.165, 1.54) is 6.92 Å². The Labute approximate surface area is 308 Å². The summed E-state index contributed by atoms with van der Waals surface area (Å²) in [6.07, 6.45) is 7.67. The maximum Gasteiger partial charge on any atom is 0.333 e. The molecule has 0 saturated heterocycles. The quantitative estimate of drug-likeness (QED) is 0.0331. The van der Waals surface area contributed by atoms with Crippen molar-refractivity contribution in [2.24, 2.45) is 11.8 Å². The zero-order valence-corrected chi connectivity index (χ0v) is 29.8. The van der Waals surface area contributed by atoms with Gasteiger partial charge in [-0.1, -0.05) is 54.1 Å². The molecule has 0 radical (unpaired) electrons. The van der Waals surface area contributed by atoms with Crippen LogP contribution in [0.1, 0.15) is 57.4 Å². The highest BCUT2D eigenvalue weighted by molar-refractivity contribution is 6.30. The van der Waals surface area contributed by atoms with Crippen LogP contribution in [0.3, 0.4) is 0 Å². The summed E-state index contributed by atoms with van der Waals surface area (Å²) in [7, 11) is 0. The summed E-state index contributed by atoms with van der Waals surface area (Å²) < 4.78 is 16.1. The summed E-state index contributed by atoms with van der Waals surface area (Å²) in [5.41, 5.74) is 0.850. The van der Waals surface area contributed by atoms with Gasteiger partial charge in [0, 0.05) is 36.6 Å². The minimum absolute atomic E-state index is 0.0116. The molecule has 15 heteroatoms. The van der Waals surface area contributed by atoms with Crippen molar-refractivity contribution in [3.63, 3.8) is 0 Å². The molecule has 286 valence electrons. The molecule has 14 nitrogen and oxygen atoms in total. The lowest BCUT2D eigenvalue weighted by molar-refractivity contribution is -0.492. The molecule has 6 atom stereocenters. The smallest absolute Gasteiger partial charge is 0.333 e. The monoisotopic (exact) mass is 748 g/mol. The second-order valence-corrected chi connectivity index (χ2v) is 12.9. The zero-order chi connectivity index (χ0) is 37.9. The topological polar surface area (TPSA) is 205 Å². The predicted molar refractivity (Wildman–Crippen MR) is 188 cm³/mol. The SMILES string of the molecule is CC(NC(=O)CCC/C=C\C[C@@H]1[C@@H](/C=C/[C@@H](O)COc2cccc(Cl)c2)[C@H](O)C[C@@H]1O)C(=O)Oc1ccc(CCOC(=O)CCCON(O)O)cc1. The Kier molecular flexibility index (Phi) is 18.8. The minimum atomic E-state index is -0.909. The number of hydrogen-bond acceptors (Lipinski definition) is 13. The van der Waals surface area contributed by atoms with Crippen LogP contribution in [0.2, 0.25) is 5.02 Å². The fourth-order valence-corrected chi connectivity index (χ4v) is 5.71. The molecule has 0 aliphatic heterocycles. The lowest BCUT2D eigenvalue weighted by Gasteiger charge is -2.19. The van der Waals surface area contributed by atoms with Gasteiger partial charge >= 0.3 is 11.9 Å². The highest BCUT2D eigenvalue weighted by Gasteiger charge is 2.39. The van der Waals surface area contributed by atoms with Gasteiger partial charge in [-0.2, -0.15) is 0 Å². The summed E-state index contributed by atoms with van der Waals surface area (Å²) >= 11 is 5.96. The van der Waals surface area contributed by atoms with E-state index in [-0.39, 0.29) is 63.2 Å². The molecule has 3 rings (SSSR count). The van der Waals surface area contributed by atoms with E-state index >= 15 is 0 Å². The highest BCUT2D eigenvalue weighted by Crippen LogP contribution is 2.36. The molecule has 0 heterocycles. The van der Waals surface area contributed by atoms with E-state index in [4.69, 9.17) is 36.2 Å². The third-order valence-corrected chi connectivity index (χ3v) is 8.53. The lowest BCUT2D eigenvalue weighted by atomic mass is 9.89. The van der Waals surface area contributed by atoms with Crippen LogP contribution < -0.4 is 14.8 Å². The molecule has 6 N–H and O–H groups in total. The number of hydrogen-bond donors (Lipinski definition) is 6. The molecule has 1 unspecified atom stereocenters. The third kappa shape index (κ3) is 16.2. The number of nitrogens with one attached hydrogen (secondary N) is 1. The van der Waals surface area contributed by atoms with Crippen molar-refractivity contribution in [2.75, 3.05) is 19.8 Å². The Bertz CT molecular complexity index is 1450. The van der Waals surface area contributed by atoms with E-state index < -0.39 is 41.7 Å². The van der Waals surface area contributed by atoms with Gasteiger partial charge in [-0.3, -0.25) is 24.8 Å². The molecular formula is C37H49ClN2O12. The average Bonchev–Trinajstić information content (AvgIpc) is 3.37. The Morgan fingerprint density at radius 3 is 2.50 bits per heavy atom. The molecule has 1 saturated carbocycles. The van der Waals surface area contributed by atoms with Gasteiger partial charge in [0.25, 0.3) is 0 Å². The van der Waals surface area contributed by atoms with Gasteiger partial charge in [0.15, 0.2) is 0 Å². The van der Waals surface area contributed by atoms with Crippen LogP contribution in [0.25, 0.3) is 0 Å². The van der Waals surface area contributed by atoms with Crippen molar-refractivity contribution in [2.45, 2.75) is 82.6 Å². The van der Waals surface area contributed by atoms with Crippen molar-refractivity contribution in [3.05, 3.63) is 83.4 Å². The number of unbranched alkanes of at least 4 members (excludes halogenated alkanes) is 1. The number of esters is 2. The van der Waals surface area contributed by atoms with Gasteiger partial charge in [0.2, 0.25) is 5.91 Å². The molecule has 1 aliphatic carbocycles. The fraction of sp³-hybridized carbons (Fsp3) is 0.486. The van der Waals surface area contributed by atoms with E-state index in [0.29, 0.717) is 42.2 Å². The second-order valence-electron chi connectivity index (χ2n) is 12.4. The summed E-state index contributed by atoms with van der Waals surface area (Å²) in [6, 6.07) is 12.7. The van der Waals surface area contributed by atoms with E-state index in [9.17, 15) is 29.7 Å². The molecule has 52 heavy (non-hydrogen) atoms. The van der Waals surface area contributed by atoms with Gasteiger partial charge < -0.3 is 34.8 Å².